The topological polar surface area (TPSA) is 12.0 Å². The molecule has 1 fully saturated rings. The molecule has 1 heterocycles. The smallest absolute Gasteiger partial charge is 0.123 e. The monoisotopic (exact) mass is 177 g/mol. The number of nitrogens with one attached hydrogen (secondary N) is 1. The van der Waals surface area contributed by atoms with E-state index < -0.39 is 0 Å². The quantitative estimate of drug-likeness (QED) is 0.639. The van der Waals surface area contributed by atoms with Crippen molar-refractivity contribution in [2.45, 2.75) is 31.3 Å². The molecule has 1 aliphatic heterocycles. The molecule has 2 aliphatic rings. The molecule has 0 amide bonds. The Balaban J connectivity index is 2.02. The fourth-order valence-corrected chi connectivity index (χ4v) is 2.15. The Morgan fingerprint density at radius 1 is 1.23 bits per heavy atom. The van der Waals surface area contributed by atoms with Crippen LogP contribution in [0.2, 0.25) is 0 Å². The van der Waals surface area contributed by atoms with Gasteiger partial charge < -0.3 is 5.32 Å². The molecule has 1 aliphatic carbocycles. The second-order valence-electron chi connectivity index (χ2n) is 4.22. The van der Waals surface area contributed by atoms with Gasteiger partial charge in [0.05, 0.1) is 0 Å². The summed E-state index contributed by atoms with van der Waals surface area (Å²) in [6.45, 7) is 0.912. The standard InChI is InChI=1S/C11H12FN/c12-10-2-1-8-7-13-11(3-4-11)6-9(8)5-10/h1-2,5,13H,3-4,6-7H2. The van der Waals surface area contributed by atoms with Gasteiger partial charge >= 0.3 is 0 Å². The highest BCUT2D eigenvalue weighted by atomic mass is 19.1. The number of rotatable bonds is 0. The minimum absolute atomic E-state index is 0.101. The lowest BCUT2D eigenvalue weighted by atomic mass is 9.94. The first-order chi connectivity index (χ1) is 6.27. The van der Waals surface area contributed by atoms with Crippen molar-refractivity contribution in [3.05, 3.63) is 35.1 Å². The first-order valence-electron chi connectivity index (χ1n) is 4.80. The van der Waals surface area contributed by atoms with E-state index >= 15 is 0 Å². The van der Waals surface area contributed by atoms with Crippen LogP contribution in [-0.4, -0.2) is 5.54 Å². The molecule has 0 radical (unpaired) electrons. The molecule has 1 nitrogen and oxygen atoms in total. The molecule has 1 N–H and O–H groups in total. The molecule has 0 unspecified atom stereocenters. The van der Waals surface area contributed by atoms with Gasteiger partial charge in [-0.05, 0) is 42.5 Å². The van der Waals surface area contributed by atoms with Crippen LogP contribution in [0.15, 0.2) is 18.2 Å². The minimum Gasteiger partial charge on any atom is -0.307 e. The molecular formula is C11H12FN. The zero-order chi connectivity index (χ0) is 8.89. The maximum atomic E-state index is 12.9. The predicted molar refractivity (Wildman–Crippen MR) is 48.9 cm³/mol. The number of hydrogen-bond acceptors (Lipinski definition) is 1. The third-order valence-electron chi connectivity index (χ3n) is 3.20. The van der Waals surface area contributed by atoms with Crippen molar-refractivity contribution < 1.29 is 4.39 Å². The van der Waals surface area contributed by atoms with Crippen molar-refractivity contribution in [3.63, 3.8) is 0 Å². The summed E-state index contributed by atoms with van der Waals surface area (Å²) in [5.41, 5.74) is 2.82. The summed E-state index contributed by atoms with van der Waals surface area (Å²) in [6, 6.07) is 5.13. The Bertz CT molecular complexity index is 355. The second kappa shape index (κ2) is 2.32. The van der Waals surface area contributed by atoms with E-state index in [2.05, 4.69) is 5.32 Å². The third kappa shape index (κ3) is 1.17. The van der Waals surface area contributed by atoms with E-state index in [9.17, 15) is 4.39 Å². The van der Waals surface area contributed by atoms with E-state index in [-0.39, 0.29) is 5.82 Å². The molecule has 1 saturated carbocycles. The van der Waals surface area contributed by atoms with Gasteiger partial charge in [-0.2, -0.15) is 0 Å². The highest BCUT2D eigenvalue weighted by Crippen LogP contribution is 2.41. The SMILES string of the molecule is Fc1ccc2c(c1)CC1(CC1)NC2. The van der Waals surface area contributed by atoms with E-state index in [1.54, 1.807) is 12.1 Å². The van der Waals surface area contributed by atoms with E-state index in [0.717, 1.165) is 13.0 Å². The van der Waals surface area contributed by atoms with Crippen molar-refractivity contribution >= 4 is 0 Å². The zero-order valence-corrected chi connectivity index (χ0v) is 7.44. The van der Waals surface area contributed by atoms with Gasteiger partial charge in [-0.15, -0.1) is 0 Å². The number of hydrogen-bond donors (Lipinski definition) is 1. The average Bonchev–Trinajstić information content (AvgIpc) is 2.84. The van der Waals surface area contributed by atoms with Gasteiger partial charge in [-0.25, -0.2) is 4.39 Å². The summed E-state index contributed by atoms with van der Waals surface area (Å²) in [5, 5.41) is 3.52. The van der Waals surface area contributed by atoms with Gasteiger partial charge in [0, 0.05) is 12.1 Å². The highest BCUT2D eigenvalue weighted by Gasteiger charge is 2.44. The van der Waals surface area contributed by atoms with Crippen LogP contribution in [0.25, 0.3) is 0 Å². The molecule has 0 aromatic heterocycles. The summed E-state index contributed by atoms with van der Waals surface area (Å²) in [4.78, 5) is 0. The molecular weight excluding hydrogens is 165 g/mol. The van der Waals surface area contributed by atoms with Gasteiger partial charge in [0.1, 0.15) is 5.82 Å². The van der Waals surface area contributed by atoms with E-state index in [0.29, 0.717) is 5.54 Å². The summed E-state index contributed by atoms with van der Waals surface area (Å²) in [5.74, 6) is -0.101. The van der Waals surface area contributed by atoms with Crippen LogP contribution in [0.5, 0.6) is 0 Å². The highest BCUT2D eigenvalue weighted by molar-refractivity contribution is 5.34. The number of halogens is 1. The van der Waals surface area contributed by atoms with Crippen molar-refractivity contribution in [2.75, 3.05) is 0 Å². The molecule has 3 rings (SSSR count). The van der Waals surface area contributed by atoms with E-state index in [4.69, 9.17) is 0 Å². The largest absolute Gasteiger partial charge is 0.307 e. The lowest BCUT2D eigenvalue weighted by Crippen LogP contribution is -2.37. The molecule has 68 valence electrons. The Labute approximate surface area is 77.0 Å². The van der Waals surface area contributed by atoms with E-state index in [1.807, 2.05) is 6.07 Å². The lowest BCUT2D eigenvalue weighted by Gasteiger charge is -2.25. The first kappa shape index (κ1) is 7.51. The van der Waals surface area contributed by atoms with Crippen molar-refractivity contribution in [1.29, 1.82) is 0 Å². The second-order valence-corrected chi connectivity index (χ2v) is 4.22. The van der Waals surface area contributed by atoms with Crippen LogP contribution in [0, 0.1) is 5.82 Å². The van der Waals surface area contributed by atoms with Gasteiger partial charge in [0.2, 0.25) is 0 Å². The van der Waals surface area contributed by atoms with Gasteiger partial charge in [0.25, 0.3) is 0 Å². The summed E-state index contributed by atoms with van der Waals surface area (Å²) < 4.78 is 12.9. The zero-order valence-electron chi connectivity index (χ0n) is 7.44. The van der Waals surface area contributed by atoms with Gasteiger partial charge in [0.15, 0.2) is 0 Å². The fraction of sp³-hybridized carbons (Fsp3) is 0.455. The molecule has 0 atom stereocenters. The van der Waals surface area contributed by atoms with Crippen LogP contribution in [0.3, 0.4) is 0 Å². The maximum Gasteiger partial charge on any atom is 0.123 e. The van der Waals surface area contributed by atoms with Gasteiger partial charge in [-0.3, -0.25) is 0 Å². The third-order valence-corrected chi connectivity index (χ3v) is 3.20. The Morgan fingerprint density at radius 3 is 2.85 bits per heavy atom. The summed E-state index contributed by atoms with van der Waals surface area (Å²) in [6.07, 6.45) is 3.52. The molecule has 13 heavy (non-hydrogen) atoms. The van der Waals surface area contributed by atoms with Crippen LogP contribution in [0.4, 0.5) is 4.39 Å². The summed E-state index contributed by atoms with van der Waals surface area (Å²) >= 11 is 0. The van der Waals surface area contributed by atoms with Crippen LogP contribution < -0.4 is 5.32 Å². The molecule has 0 bridgehead atoms. The Hall–Kier alpha value is -0.890. The molecule has 1 aromatic carbocycles. The van der Waals surface area contributed by atoms with E-state index in [1.165, 1.54) is 24.0 Å². The fourth-order valence-electron chi connectivity index (χ4n) is 2.15. The van der Waals surface area contributed by atoms with Crippen molar-refractivity contribution in [2.24, 2.45) is 0 Å². The lowest BCUT2D eigenvalue weighted by molar-refractivity contribution is 0.461. The Morgan fingerprint density at radius 2 is 2.08 bits per heavy atom. The van der Waals surface area contributed by atoms with Crippen molar-refractivity contribution in [1.82, 2.24) is 5.32 Å². The molecule has 0 saturated heterocycles. The number of benzene rings is 1. The normalized spacial score (nSPS) is 22.8. The molecule has 2 heteroatoms. The van der Waals surface area contributed by atoms with Gasteiger partial charge in [-0.1, -0.05) is 6.07 Å². The molecule has 1 aromatic rings. The van der Waals surface area contributed by atoms with Crippen LogP contribution in [0.1, 0.15) is 24.0 Å². The summed E-state index contributed by atoms with van der Waals surface area (Å²) in [7, 11) is 0. The van der Waals surface area contributed by atoms with Crippen molar-refractivity contribution in [3.8, 4) is 0 Å². The molecule has 1 spiro atoms. The predicted octanol–water partition coefficient (Wildman–Crippen LogP) is 2.00. The number of fused-ring (bicyclic) bond motifs is 1. The Kier molecular flexibility index (Phi) is 1.34. The van der Waals surface area contributed by atoms with Crippen LogP contribution >= 0.6 is 0 Å². The average molecular weight is 177 g/mol. The maximum absolute atomic E-state index is 12.9. The minimum atomic E-state index is -0.101. The first-order valence-corrected chi connectivity index (χ1v) is 4.80. The van der Waals surface area contributed by atoms with Crippen LogP contribution in [-0.2, 0) is 13.0 Å².